The Morgan fingerprint density at radius 1 is 1.46 bits per heavy atom. The van der Waals surface area contributed by atoms with Crippen LogP contribution in [-0.2, 0) is 9.47 Å². The Balaban J connectivity index is 2.29. The van der Waals surface area contributed by atoms with E-state index in [1.807, 2.05) is 19.9 Å². The topological polar surface area (TPSA) is 30.5 Å². The smallest absolute Gasteiger partial charge is 0.162 e. The van der Waals surface area contributed by atoms with E-state index in [2.05, 4.69) is 18.8 Å². The predicted molar refractivity (Wildman–Crippen MR) is 52.6 cm³/mol. The normalized spacial score (nSPS) is 25.5. The van der Waals surface area contributed by atoms with Crippen LogP contribution in [0.5, 0.6) is 0 Å². The third-order valence-corrected chi connectivity index (χ3v) is 2.12. The minimum absolute atomic E-state index is 0.279. The van der Waals surface area contributed by atoms with Crippen LogP contribution in [0.15, 0.2) is 12.7 Å². The largest absolute Gasteiger partial charge is 0.349 e. The van der Waals surface area contributed by atoms with Crippen LogP contribution in [0.2, 0.25) is 0 Å². The molecule has 1 heterocycles. The quantitative estimate of drug-likeness (QED) is 0.672. The first kappa shape index (κ1) is 10.7. The molecule has 0 bridgehead atoms. The molecule has 1 fully saturated rings. The van der Waals surface area contributed by atoms with Gasteiger partial charge in [-0.05, 0) is 20.8 Å². The van der Waals surface area contributed by atoms with E-state index >= 15 is 0 Å². The number of hydrogen-bond donors (Lipinski definition) is 1. The summed E-state index contributed by atoms with van der Waals surface area (Å²) in [7, 11) is 0. The van der Waals surface area contributed by atoms with Gasteiger partial charge < -0.3 is 14.8 Å². The molecule has 13 heavy (non-hydrogen) atoms. The summed E-state index contributed by atoms with van der Waals surface area (Å²) in [6.45, 7) is 11.0. The molecule has 1 aliphatic rings. The first-order valence-electron chi connectivity index (χ1n) is 4.70. The van der Waals surface area contributed by atoms with Gasteiger partial charge in [-0.2, -0.15) is 0 Å². The molecule has 0 saturated carbocycles. The van der Waals surface area contributed by atoms with Gasteiger partial charge in [0, 0.05) is 6.04 Å². The van der Waals surface area contributed by atoms with E-state index in [0.717, 1.165) is 0 Å². The van der Waals surface area contributed by atoms with E-state index in [1.165, 1.54) is 0 Å². The molecule has 0 amide bonds. The van der Waals surface area contributed by atoms with Crippen LogP contribution in [0.25, 0.3) is 0 Å². The van der Waals surface area contributed by atoms with Crippen LogP contribution in [0.4, 0.5) is 0 Å². The van der Waals surface area contributed by atoms with Crippen LogP contribution in [0, 0.1) is 0 Å². The summed E-state index contributed by atoms with van der Waals surface area (Å²) < 4.78 is 11.0. The van der Waals surface area contributed by atoms with Crippen LogP contribution >= 0.6 is 0 Å². The van der Waals surface area contributed by atoms with Crippen LogP contribution in [0.1, 0.15) is 20.8 Å². The Kier molecular flexibility index (Phi) is 3.47. The minimum Gasteiger partial charge on any atom is -0.349 e. The second-order valence-corrected chi connectivity index (χ2v) is 3.91. The molecule has 0 radical (unpaired) electrons. The second-order valence-electron chi connectivity index (χ2n) is 3.91. The molecule has 1 N–H and O–H groups in total. The molecule has 0 aliphatic carbocycles. The van der Waals surface area contributed by atoms with Gasteiger partial charge in [0.2, 0.25) is 0 Å². The number of ether oxygens (including phenoxy) is 2. The van der Waals surface area contributed by atoms with E-state index in [1.54, 1.807) is 0 Å². The summed E-state index contributed by atoms with van der Waals surface area (Å²) in [6, 6.07) is 0.583. The summed E-state index contributed by atoms with van der Waals surface area (Å²) in [6.07, 6.45) is 1.87. The Hall–Kier alpha value is -0.380. The van der Waals surface area contributed by atoms with Crippen molar-refractivity contribution in [2.24, 2.45) is 0 Å². The van der Waals surface area contributed by atoms with E-state index < -0.39 is 5.79 Å². The van der Waals surface area contributed by atoms with Gasteiger partial charge in [-0.15, -0.1) is 6.58 Å². The lowest BCUT2D eigenvalue weighted by Gasteiger charge is -2.36. The molecule has 0 aromatic rings. The lowest BCUT2D eigenvalue weighted by atomic mass is 10.2. The maximum absolute atomic E-state index is 5.50. The molecule has 1 atom stereocenters. The second kappa shape index (κ2) is 4.22. The van der Waals surface area contributed by atoms with E-state index in [4.69, 9.17) is 9.47 Å². The molecule has 1 unspecified atom stereocenters. The summed E-state index contributed by atoms with van der Waals surface area (Å²) in [4.78, 5) is 0. The molecule has 1 saturated heterocycles. The number of rotatable bonds is 3. The highest BCUT2D eigenvalue weighted by Gasteiger charge is 2.28. The molecule has 1 rings (SSSR count). The van der Waals surface area contributed by atoms with E-state index in [9.17, 15) is 0 Å². The summed E-state index contributed by atoms with van der Waals surface area (Å²) >= 11 is 0. The Bertz CT molecular complexity index is 170. The maximum Gasteiger partial charge on any atom is 0.162 e. The van der Waals surface area contributed by atoms with Gasteiger partial charge in [-0.3, -0.25) is 0 Å². The van der Waals surface area contributed by atoms with Crippen molar-refractivity contribution in [1.82, 2.24) is 5.32 Å². The van der Waals surface area contributed by atoms with Crippen molar-refractivity contribution in [3.8, 4) is 0 Å². The summed E-state index contributed by atoms with van der Waals surface area (Å²) in [5.41, 5.74) is 0. The van der Waals surface area contributed by atoms with Crippen molar-refractivity contribution in [2.75, 3.05) is 13.2 Å². The highest BCUT2D eigenvalue weighted by molar-refractivity contribution is 4.85. The van der Waals surface area contributed by atoms with Gasteiger partial charge in [0.15, 0.2) is 5.79 Å². The van der Waals surface area contributed by atoms with Gasteiger partial charge >= 0.3 is 0 Å². The highest BCUT2D eigenvalue weighted by atomic mass is 16.7. The predicted octanol–water partition coefficient (Wildman–Crippen LogP) is 1.30. The van der Waals surface area contributed by atoms with Crippen molar-refractivity contribution in [3.63, 3.8) is 0 Å². The molecule has 0 spiro atoms. The van der Waals surface area contributed by atoms with Crippen LogP contribution in [-0.4, -0.2) is 31.1 Å². The third-order valence-electron chi connectivity index (χ3n) is 2.12. The number of nitrogens with one attached hydrogen (secondary N) is 1. The van der Waals surface area contributed by atoms with Crippen molar-refractivity contribution >= 4 is 0 Å². The zero-order valence-electron chi connectivity index (χ0n) is 8.67. The Labute approximate surface area is 80.1 Å². The first-order valence-corrected chi connectivity index (χ1v) is 4.70. The molecule has 3 nitrogen and oxygen atoms in total. The van der Waals surface area contributed by atoms with Crippen molar-refractivity contribution in [1.29, 1.82) is 0 Å². The lowest BCUT2D eigenvalue weighted by molar-refractivity contribution is -0.253. The maximum atomic E-state index is 5.50. The standard InChI is InChI=1S/C10H19NO2/c1-5-8(2)11-9-6-12-10(3,4)13-7-9/h5,8-9,11H,1,6-7H2,2-4H3. The van der Waals surface area contributed by atoms with Crippen molar-refractivity contribution in [2.45, 2.75) is 38.6 Å². The molecule has 0 aromatic carbocycles. The molecular weight excluding hydrogens is 166 g/mol. The monoisotopic (exact) mass is 185 g/mol. The van der Waals surface area contributed by atoms with Crippen LogP contribution < -0.4 is 5.32 Å². The van der Waals surface area contributed by atoms with Crippen molar-refractivity contribution in [3.05, 3.63) is 12.7 Å². The molecule has 76 valence electrons. The molecule has 1 aliphatic heterocycles. The fraction of sp³-hybridized carbons (Fsp3) is 0.800. The Morgan fingerprint density at radius 3 is 2.46 bits per heavy atom. The lowest BCUT2D eigenvalue weighted by Crippen LogP contribution is -2.50. The molecular formula is C10H19NO2. The fourth-order valence-electron chi connectivity index (χ4n) is 1.23. The molecule has 0 aromatic heterocycles. The number of hydrogen-bond acceptors (Lipinski definition) is 3. The summed E-state index contributed by atoms with van der Waals surface area (Å²) in [5.74, 6) is -0.421. The SMILES string of the molecule is C=CC(C)NC1COC(C)(C)OC1. The first-order chi connectivity index (χ1) is 6.03. The van der Waals surface area contributed by atoms with Gasteiger partial charge in [0.05, 0.1) is 19.3 Å². The van der Waals surface area contributed by atoms with Crippen LogP contribution in [0.3, 0.4) is 0 Å². The molecule has 3 heteroatoms. The highest BCUT2D eigenvalue weighted by Crippen LogP contribution is 2.16. The average molecular weight is 185 g/mol. The fourth-order valence-corrected chi connectivity index (χ4v) is 1.23. The van der Waals surface area contributed by atoms with Gasteiger partial charge in [0.1, 0.15) is 0 Å². The Morgan fingerprint density at radius 2 is 2.00 bits per heavy atom. The van der Waals surface area contributed by atoms with Gasteiger partial charge in [-0.1, -0.05) is 6.08 Å². The minimum atomic E-state index is -0.421. The van der Waals surface area contributed by atoms with E-state index in [-0.39, 0.29) is 6.04 Å². The van der Waals surface area contributed by atoms with Crippen molar-refractivity contribution < 1.29 is 9.47 Å². The zero-order chi connectivity index (χ0) is 9.90. The summed E-state index contributed by atoms with van der Waals surface area (Å²) in [5, 5.41) is 3.34. The average Bonchev–Trinajstić information content (AvgIpc) is 2.08. The van der Waals surface area contributed by atoms with Gasteiger partial charge in [-0.25, -0.2) is 0 Å². The zero-order valence-corrected chi connectivity index (χ0v) is 8.67. The van der Waals surface area contributed by atoms with E-state index in [0.29, 0.717) is 19.3 Å². The van der Waals surface area contributed by atoms with Gasteiger partial charge in [0.25, 0.3) is 0 Å². The third kappa shape index (κ3) is 3.46.